The first-order valence-electron chi connectivity index (χ1n) is 8.98. The number of rotatable bonds is 7. The molecule has 1 heterocycles. The Morgan fingerprint density at radius 1 is 1.41 bits per heavy atom. The molecule has 142 valence electrons. The molecule has 3 rings (SSSR count). The van der Waals surface area contributed by atoms with Crippen LogP contribution in [0, 0.1) is 0 Å². The molecule has 0 saturated carbocycles. The number of benzene rings is 1. The van der Waals surface area contributed by atoms with Gasteiger partial charge in [-0.1, -0.05) is 12.7 Å². The summed E-state index contributed by atoms with van der Waals surface area (Å²) in [6, 6.07) is 5.54. The highest BCUT2D eigenvalue weighted by molar-refractivity contribution is 5.74. The second-order valence-corrected chi connectivity index (χ2v) is 6.49. The molecule has 0 saturated heterocycles. The number of aromatic nitrogens is 1. The van der Waals surface area contributed by atoms with Gasteiger partial charge in [-0.3, -0.25) is 4.79 Å². The molecule has 0 fully saturated rings. The molecule has 6 heteroatoms. The van der Waals surface area contributed by atoms with Gasteiger partial charge in [0.25, 0.3) is 0 Å². The predicted octanol–water partition coefficient (Wildman–Crippen LogP) is 3.86. The molecule has 27 heavy (non-hydrogen) atoms. The Morgan fingerprint density at radius 3 is 2.93 bits per heavy atom. The summed E-state index contributed by atoms with van der Waals surface area (Å²) in [7, 11) is 0. The van der Waals surface area contributed by atoms with Gasteiger partial charge in [-0.25, -0.2) is 4.98 Å². The van der Waals surface area contributed by atoms with E-state index in [0.29, 0.717) is 30.4 Å². The number of hydrogen-bond donors (Lipinski definition) is 1. The van der Waals surface area contributed by atoms with Crippen LogP contribution >= 0.6 is 0 Å². The zero-order valence-corrected chi connectivity index (χ0v) is 15.8. The molecular formula is C21H24N2O4. The number of carbonyl (C=O) groups is 1. The van der Waals surface area contributed by atoms with Crippen molar-refractivity contribution in [2.45, 2.75) is 32.7 Å². The lowest BCUT2D eigenvalue weighted by atomic mass is 9.95. The highest BCUT2D eigenvalue weighted by atomic mass is 16.5. The van der Waals surface area contributed by atoms with Crippen molar-refractivity contribution in [3.05, 3.63) is 60.2 Å². The van der Waals surface area contributed by atoms with Gasteiger partial charge in [-0.2, -0.15) is 0 Å². The molecule has 0 radical (unpaired) electrons. The van der Waals surface area contributed by atoms with Crippen LogP contribution in [-0.2, 0) is 9.53 Å². The van der Waals surface area contributed by atoms with E-state index in [9.17, 15) is 4.79 Å². The molecule has 1 aliphatic rings. The van der Waals surface area contributed by atoms with Crippen LogP contribution < -0.4 is 10.1 Å². The van der Waals surface area contributed by atoms with Crippen molar-refractivity contribution in [2.24, 2.45) is 0 Å². The highest BCUT2D eigenvalue weighted by Gasteiger charge is 2.21. The Morgan fingerprint density at radius 2 is 2.22 bits per heavy atom. The van der Waals surface area contributed by atoms with Crippen molar-refractivity contribution in [2.75, 3.05) is 13.2 Å². The Kier molecular flexibility index (Phi) is 5.64. The van der Waals surface area contributed by atoms with Gasteiger partial charge in [-0.05, 0) is 43.7 Å². The lowest BCUT2D eigenvalue weighted by Gasteiger charge is -2.19. The summed E-state index contributed by atoms with van der Waals surface area (Å²) >= 11 is 0. The number of carbonyl (C=O) groups excluding carboxylic acids is 1. The van der Waals surface area contributed by atoms with Gasteiger partial charge < -0.3 is 19.2 Å². The largest absolute Gasteiger partial charge is 0.494 e. The van der Waals surface area contributed by atoms with Crippen molar-refractivity contribution < 1.29 is 18.7 Å². The smallest absolute Gasteiger partial charge is 0.217 e. The van der Waals surface area contributed by atoms with Crippen LogP contribution in [0.25, 0.3) is 11.1 Å². The van der Waals surface area contributed by atoms with Crippen LogP contribution in [-0.4, -0.2) is 30.1 Å². The minimum atomic E-state index is -0.145. The Hall–Kier alpha value is -3.02. The maximum atomic E-state index is 11.1. The number of nitrogens with one attached hydrogen (secondary N) is 1. The summed E-state index contributed by atoms with van der Waals surface area (Å²) in [6.45, 7) is 10.4. The average molecular weight is 368 g/mol. The van der Waals surface area contributed by atoms with Gasteiger partial charge >= 0.3 is 0 Å². The Labute approximate surface area is 158 Å². The number of hydrogen-bond acceptors (Lipinski definition) is 5. The fourth-order valence-corrected chi connectivity index (χ4v) is 2.89. The summed E-state index contributed by atoms with van der Waals surface area (Å²) in [5, 5.41) is 2.78. The molecular weight excluding hydrogens is 344 g/mol. The topological polar surface area (TPSA) is 73.6 Å². The summed E-state index contributed by atoms with van der Waals surface area (Å²) in [6.07, 6.45) is 5.70. The van der Waals surface area contributed by atoms with Gasteiger partial charge in [-0.15, -0.1) is 0 Å². The monoisotopic (exact) mass is 368 g/mol. The average Bonchev–Trinajstić information content (AvgIpc) is 3.02. The minimum Gasteiger partial charge on any atom is -0.494 e. The second kappa shape index (κ2) is 8.12. The fraction of sp³-hybridized carbons (Fsp3) is 0.333. The zero-order valence-electron chi connectivity index (χ0n) is 15.8. The van der Waals surface area contributed by atoms with Crippen LogP contribution in [0.4, 0.5) is 0 Å². The third kappa shape index (κ3) is 4.58. The first-order valence-corrected chi connectivity index (χ1v) is 8.98. The van der Waals surface area contributed by atoms with Crippen molar-refractivity contribution in [1.82, 2.24) is 10.3 Å². The molecule has 1 aromatic heterocycles. The highest BCUT2D eigenvalue weighted by Crippen LogP contribution is 2.33. The van der Waals surface area contributed by atoms with Gasteiger partial charge in [0.2, 0.25) is 11.8 Å². The molecule has 1 aliphatic carbocycles. The van der Waals surface area contributed by atoms with Crippen molar-refractivity contribution in [3.63, 3.8) is 0 Å². The van der Waals surface area contributed by atoms with Gasteiger partial charge in [0.05, 0.1) is 18.6 Å². The molecule has 0 aliphatic heterocycles. The van der Waals surface area contributed by atoms with Crippen molar-refractivity contribution >= 4 is 17.0 Å². The second-order valence-electron chi connectivity index (χ2n) is 6.49. The number of amides is 1. The van der Waals surface area contributed by atoms with E-state index >= 15 is 0 Å². The SMILES string of the molecule is C=C1C=C(OCC(C)NC(C)=O)C=CC1c1nc2ccc(OCC)cc2o1. The van der Waals surface area contributed by atoms with Crippen LogP contribution in [0.15, 0.2) is 58.8 Å². The summed E-state index contributed by atoms with van der Waals surface area (Å²) in [4.78, 5) is 15.6. The van der Waals surface area contributed by atoms with E-state index in [4.69, 9.17) is 13.9 Å². The van der Waals surface area contributed by atoms with Crippen LogP contribution in [0.3, 0.4) is 0 Å². The van der Waals surface area contributed by atoms with Gasteiger partial charge in [0, 0.05) is 13.0 Å². The molecule has 2 atom stereocenters. The maximum absolute atomic E-state index is 11.1. The first-order chi connectivity index (χ1) is 13.0. The molecule has 1 amide bonds. The summed E-state index contributed by atoms with van der Waals surface area (Å²) < 4.78 is 17.2. The number of oxazole rings is 1. The third-order valence-electron chi connectivity index (χ3n) is 4.08. The number of nitrogens with zero attached hydrogens (tertiary/aromatic N) is 1. The van der Waals surface area contributed by atoms with Crippen LogP contribution in [0.1, 0.15) is 32.6 Å². The zero-order chi connectivity index (χ0) is 19.4. The maximum Gasteiger partial charge on any atom is 0.217 e. The van der Waals surface area contributed by atoms with E-state index in [-0.39, 0.29) is 17.9 Å². The number of allylic oxidation sites excluding steroid dienone is 4. The van der Waals surface area contributed by atoms with Crippen molar-refractivity contribution in [3.8, 4) is 5.75 Å². The molecule has 0 bridgehead atoms. The molecule has 0 spiro atoms. The van der Waals surface area contributed by atoms with E-state index < -0.39 is 0 Å². The minimum absolute atomic E-state index is 0.0700. The molecule has 2 aromatic rings. The fourth-order valence-electron chi connectivity index (χ4n) is 2.89. The predicted molar refractivity (Wildman–Crippen MR) is 104 cm³/mol. The molecule has 1 aromatic carbocycles. The van der Waals surface area contributed by atoms with E-state index in [1.165, 1.54) is 6.92 Å². The Bertz CT molecular complexity index is 910. The molecule has 1 N–H and O–H groups in total. The summed E-state index contributed by atoms with van der Waals surface area (Å²) in [5.74, 6) is 1.82. The van der Waals surface area contributed by atoms with E-state index in [1.54, 1.807) is 0 Å². The molecule has 6 nitrogen and oxygen atoms in total. The van der Waals surface area contributed by atoms with E-state index in [2.05, 4.69) is 16.9 Å². The first kappa shape index (κ1) is 18.8. The summed E-state index contributed by atoms with van der Waals surface area (Å²) in [5.41, 5.74) is 2.30. The quantitative estimate of drug-likeness (QED) is 0.803. The van der Waals surface area contributed by atoms with E-state index in [1.807, 2.05) is 50.3 Å². The van der Waals surface area contributed by atoms with Gasteiger partial charge in [0.1, 0.15) is 23.6 Å². The Balaban J connectivity index is 1.68. The number of ether oxygens (including phenoxy) is 2. The van der Waals surface area contributed by atoms with Gasteiger partial charge in [0.15, 0.2) is 5.58 Å². The van der Waals surface area contributed by atoms with Crippen LogP contribution in [0.5, 0.6) is 5.75 Å². The lowest BCUT2D eigenvalue weighted by molar-refractivity contribution is -0.119. The van der Waals surface area contributed by atoms with Crippen LogP contribution in [0.2, 0.25) is 0 Å². The third-order valence-corrected chi connectivity index (χ3v) is 4.08. The van der Waals surface area contributed by atoms with E-state index in [0.717, 1.165) is 16.8 Å². The normalized spacial score (nSPS) is 17.5. The number of fused-ring (bicyclic) bond motifs is 1. The van der Waals surface area contributed by atoms with Crippen molar-refractivity contribution in [1.29, 1.82) is 0 Å². The lowest BCUT2D eigenvalue weighted by Crippen LogP contribution is -2.34. The standard InChI is InChI=1S/C21H24N2O4/c1-5-25-17-7-9-19-20(11-17)27-21(23-19)18-8-6-16(10-13(18)2)26-12-14(3)22-15(4)24/h6-11,14,18H,2,5,12H2,1,3-4H3,(H,22,24). The molecule has 2 unspecified atom stereocenters.